The summed E-state index contributed by atoms with van der Waals surface area (Å²) in [6.07, 6.45) is 5.67. The average Bonchev–Trinajstić information content (AvgIpc) is 3.24. The van der Waals surface area contributed by atoms with E-state index < -0.39 is 0 Å². The molecule has 0 atom stereocenters. The highest BCUT2D eigenvalue weighted by molar-refractivity contribution is 7.08. The summed E-state index contributed by atoms with van der Waals surface area (Å²) >= 11 is 1.68. The van der Waals surface area contributed by atoms with E-state index in [2.05, 4.69) is 44.5 Å². The van der Waals surface area contributed by atoms with Crippen LogP contribution >= 0.6 is 11.3 Å². The Labute approximate surface area is 161 Å². The first-order chi connectivity index (χ1) is 13.4. The van der Waals surface area contributed by atoms with Gasteiger partial charge in [0.15, 0.2) is 5.82 Å². The Morgan fingerprint density at radius 2 is 2.00 bits per heavy atom. The van der Waals surface area contributed by atoms with Crippen LogP contribution in [-0.2, 0) is 13.0 Å². The first-order valence-corrected chi connectivity index (χ1v) is 10.4. The number of thiophene rings is 1. The van der Waals surface area contributed by atoms with Crippen molar-refractivity contribution in [1.29, 1.82) is 0 Å². The molecule has 1 aromatic carbocycles. The van der Waals surface area contributed by atoms with Crippen LogP contribution in [0.5, 0.6) is 0 Å². The summed E-state index contributed by atoms with van der Waals surface area (Å²) in [4.78, 5) is 16.9. The Kier molecular flexibility index (Phi) is 3.35. The molecular weight excluding hydrogens is 354 g/mol. The second-order valence-corrected chi connectivity index (χ2v) is 8.13. The largest absolute Gasteiger partial charge is 0.350 e. The lowest BCUT2D eigenvalue weighted by Gasteiger charge is -2.29. The third-order valence-electron chi connectivity index (χ3n) is 5.54. The monoisotopic (exact) mass is 373 g/mol. The molecule has 134 valence electrons. The van der Waals surface area contributed by atoms with Crippen molar-refractivity contribution in [3.05, 3.63) is 58.8 Å². The first-order valence-electron chi connectivity index (χ1n) is 9.46. The Bertz CT molecular complexity index is 1130. The number of fused-ring (bicyclic) bond motifs is 2. The van der Waals surface area contributed by atoms with Crippen LogP contribution in [0.1, 0.15) is 30.3 Å². The molecule has 1 aliphatic heterocycles. The SMILES string of the molecule is c1ccc2c(N3CCc4c(ncn4C4CC4)C3)nc(-c3ccsc3)nc2c1. The molecule has 0 radical (unpaired) electrons. The van der Waals surface area contributed by atoms with Crippen molar-refractivity contribution in [2.45, 2.75) is 31.8 Å². The highest BCUT2D eigenvalue weighted by Gasteiger charge is 2.30. The number of hydrogen-bond acceptors (Lipinski definition) is 5. The predicted molar refractivity (Wildman–Crippen MR) is 108 cm³/mol. The normalized spacial score (nSPS) is 16.7. The van der Waals surface area contributed by atoms with Gasteiger partial charge in [0.05, 0.1) is 24.1 Å². The van der Waals surface area contributed by atoms with Crippen molar-refractivity contribution in [2.75, 3.05) is 11.4 Å². The molecule has 6 heteroatoms. The number of para-hydroxylation sites is 1. The highest BCUT2D eigenvalue weighted by Crippen LogP contribution is 2.38. The lowest BCUT2D eigenvalue weighted by Crippen LogP contribution is -2.32. The predicted octanol–water partition coefficient (Wildman–Crippen LogP) is 4.45. The van der Waals surface area contributed by atoms with Crippen LogP contribution < -0.4 is 4.90 Å². The molecule has 0 saturated heterocycles. The molecule has 0 spiro atoms. The van der Waals surface area contributed by atoms with Gasteiger partial charge >= 0.3 is 0 Å². The van der Waals surface area contributed by atoms with E-state index in [-0.39, 0.29) is 0 Å². The number of rotatable bonds is 3. The van der Waals surface area contributed by atoms with Crippen molar-refractivity contribution in [3.8, 4) is 11.4 Å². The Hall–Kier alpha value is -2.73. The Morgan fingerprint density at radius 3 is 2.85 bits per heavy atom. The van der Waals surface area contributed by atoms with Crippen LogP contribution in [0.4, 0.5) is 5.82 Å². The Balaban J connectivity index is 1.44. The van der Waals surface area contributed by atoms with Crippen LogP contribution in [0.15, 0.2) is 47.4 Å². The van der Waals surface area contributed by atoms with Crippen LogP contribution in [-0.4, -0.2) is 26.1 Å². The molecule has 0 N–H and O–H groups in total. The third-order valence-corrected chi connectivity index (χ3v) is 6.23. The van der Waals surface area contributed by atoms with E-state index in [9.17, 15) is 0 Å². The second kappa shape index (κ2) is 5.89. The summed E-state index contributed by atoms with van der Waals surface area (Å²) < 4.78 is 2.40. The molecule has 1 aliphatic carbocycles. The summed E-state index contributed by atoms with van der Waals surface area (Å²) in [5, 5.41) is 5.30. The number of nitrogens with zero attached hydrogens (tertiary/aromatic N) is 5. The van der Waals surface area contributed by atoms with E-state index in [1.54, 1.807) is 11.3 Å². The van der Waals surface area contributed by atoms with Gasteiger partial charge in [-0.1, -0.05) is 12.1 Å². The minimum Gasteiger partial charge on any atom is -0.350 e. The maximum atomic E-state index is 4.98. The van der Waals surface area contributed by atoms with E-state index in [0.29, 0.717) is 6.04 Å². The molecule has 1 saturated carbocycles. The molecule has 2 aliphatic rings. The van der Waals surface area contributed by atoms with Crippen molar-refractivity contribution in [3.63, 3.8) is 0 Å². The molecule has 27 heavy (non-hydrogen) atoms. The van der Waals surface area contributed by atoms with Crippen LogP contribution in [0, 0.1) is 0 Å². The zero-order chi connectivity index (χ0) is 17.8. The van der Waals surface area contributed by atoms with E-state index in [0.717, 1.165) is 47.6 Å². The maximum Gasteiger partial charge on any atom is 0.162 e. The van der Waals surface area contributed by atoms with Gasteiger partial charge in [0.2, 0.25) is 0 Å². The molecule has 0 unspecified atom stereocenters. The van der Waals surface area contributed by atoms with Gasteiger partial charge in [0.25, 0.3) is 0 Å². The molecule has 5 nitrogen and oxygen atoms in total. The third kappa shape index (κ3) is 2.55. The van der Waals surface area contributed by atoms with Crippen LogP contribution in [0.2, 0.25) is 0 Å². The fraction of sp³-hybridized carbons (Fsp3) is 0.286. The van der Waals surface area contributed by atoms with Crippen LogP contribution in [0.25, 0.3) is 22.3 Å². The van der Waals surface area contributed by atoms with Gasteiger partial charge in [0.1, 0.15) is 5.82 Å². The number of aromatic nitrogens is 4. The number of hydrogen-bond donors (Lipinski definition) is 0. The molecule has 0 amide bonds. The topological polar surface area (TPSA) is 46.8 Å². The minimum atomic E-state index is 0.692. The zero-order valence-corrected chi connectivity index (χ0v) is 15.7. The highest BCUT2D eigenvalue weighted by atomic mass is 32.1. The molecule has 4 aromatic rings. The molecule has 4 heterocycles. The van der Waals surface area contributed by atoms with Crippen molar-refractivity contribution >= 4 is 28.1 Å². The van der Waals surface area contributed by atoms with Gasteiger partial charge in [-0.3, -0.25) is 0 Å². The van der Waals surface area contributed by atoms with Gasteiger partial charge < -0.3 is 9.47 Å². The molecule has 6 rings (SSSR count). The van der Waals surface area contributed by atoms with Gasteiger partial charge in [-0.2, -0.15) is 11.3 Å². The van der Waals surface area contributed by atoms with Gasteiger partial charge in [-0.15, -0.1) is 0 Å². The van der Waals surface area contributed by atoms with Crippen molar-refractivity contribution < 1.29 is 0 Å². The zero-order valence-electron chi connectivity index (χ0n) is 14.9. The lowest BCUT2D eigenvalue weighted by atomic mass is 10.1. The van der Waals surface area contributed by atoms with Gasteiger partial charge in [-0.05, 0) is 36.4 Å². The Morgan fingerprint density at radius 1 is 1.07 bits per heavy atom. The second-order valence-electron chi connectivity index (χ2n) is 7.35. The van der Waals surface area contributed by atoms with E-state index >= 15 is 0 Å². The summed E-state index contributed by atoms with van der Waals surface area (Å²) in [6, 6.07) is 11.1. The summed E-state index contributed by atoms with van der Waals surface area (Å²) in [6.45, 7) is 1.79. The molecule has 0 bridgehead atoms. The van der Waals surface area contributed by atoms with Gasteiger partial charge in [0, 0.05) is 41.0 Å². The number of imidazole rings is 1. The van der Waals surface area contributed by atoms with Gasteiger partial charge in [-0.25, -0.2) is 15.0 Å². The van der Waals surface area contributed by atoms with E-state index in [4.69, 9.17) is 15.0 Å². The first kappa shape index (κ1) is 15.3. The van der Waals surface area contributed by atoms with E-state index in [1.165, 1.54) is 24.2 Å². The standard InChI is InChI=1S/C21H19N5S/c1-2-4-17-16(3-1)21(24-20(23-17)14-8-10-27-12-14)25-9-7-19-18(11-25)22-13-26(19)15-5-6-15/h1-4,8,10,12-13,15H,5-7,9,11H2. The van der Waals surface area contributed by atoms with Crippen molar-refractivity contribution in [1.82, 2.24) is 19.5 Å². The number of anilines is 1. The summed E-state index contributed by atoms with van der Waals surface area (Å²) in [5.74, 6) is 1.83. The molecular formula is C21H19N5S. The summed E-state index contributed by atoms with van der Waals surface area (Å²) in [7, 11) is 0. The fourth-order valence-electron chi connectivity index (χ4n) is 4.00. The number of benzene rings is 1. The smallest absolute Gasteiger partial charge is 0.162 e. The fourth-order valence-corrected chi connectivity index (χ4v) is 4.64. The molecule has 3 aromatic heterocycles. The quantitative estimate of drug-likeness (QED) is 0.532. The van der Waals surface area contributed by atoms with Crippen LogP contribution in [0.3, 0.4) is 0 Å². The summed E-state index contributed by atoms with van der Waals surface area (Å²) in [5.41, 5.74) is 4.71. The maximum absolute atomic E-state index is 4.98. The van der Waals surface area contributed by atoms with Crippen molar-refractivity contribution in [2.24, 2.45) is 0 Å². The molecule has 1 fully saturated rings. The minimum absolute atomic E-state index is 0.692. The van der Waals surface area contributed by atoms with E-state index in [1.807, 2.05) is 12.4 Å². The lowest BCUT2D eigenvalue weighted by molar-refractivity contribution is 0.639. The average molecular weight is 373 g/mol.